The first-order valence-electron chi connectivity index (χ1n) is 12.3. The molecule has 0 aromatic carbocycles. The van der Waals surface area contributed by atoms with Crippen LogP contribution in [0.2, 0.25) is 0 Å². The van der Waals surface area contributed by atoms with Crippen LogP contribution < -0.4 is 10.6 Å². The van der Waals surface area contributed by atoms with Crippen LogP contribution in [0.25, 0.3) is 0 Å². The van der Waals surface area contributed by atoms with E-state index in [9.17, 15) is 14.0 Å². The van der Waals surface area contributed by atoms with Gasteiger partial charge in [0.15, 0.2) is 0 Å². The smallest absolute Gasteiger partial charge is 0.248 e. The fraction of sp³-hybridized carbons (Fsp3) is 0.913. The Balaban J connectivity index is 1.14. The van der Waals surface area contributed by atoms with Crippen LogP contribution in [0, 0.1) is 11.8 Å². The van der Waals surface area contributed by atoms with Gasteiger partial charge in [-0.1, -0.05) is 6.92 Å². The lowest BCUT2D eigenvalue weighted by Gasteiger charge is -2.47. The van der Waals surface area contributed by atoms with Crippen molar-refractivity contribution in [1.82, 2.24) is 20.4 Å². The average Bonchev–Trinajstić information content (AvgIpc) is 3.24. The third-order valence-corrected chi connectivity index (χ3v) is 8.53. The summed E-state index contributed by atoms with van der Waals surface area (Å²) in [6.45, 7) is 5.55. The van der Waals surface area contributed by atoms with Gasteiger partial charge in [-0.25, -0.2) is 4.39 Å². The number of carbonyl (C=O) groups excluding carboxylic acids is 2. The molecule has 0 spiro atoms. The van der Waals surface area contributed by atoms with Gasteiger partial charge in [-0.05, 0) is 50.9 Å². The second kappa shape index (κ2) is 8.94. The number of hydrogen-bond acceptors (Lipinski definition) is 5. The normalized spacial score (nSPS) is 43.9. The third-order valence-electron chi connectivity index (χ3n) is 8.53. The van der Waals surface area contributed by atoms with Gasteiger partial charge >= 0.3 is 0 Å². The van der Waals surface area contributed by atoms with Crippen LogP contribution in [0.1, 0.15) is 51.9 Å². The van der Waals surface area contributed by atoms with Gasteiger partial charge < -0.3 is 20.3 Å². The Labute approximate surface area is 184 Å². The number of morpholine rings is 1. The zero-order chi connectivity index (χ0) is 21.5. The Morgan fingerprint density at radius 2 is 2.03 bits per heavy atom. The monoisotopic (exact) mass is 436 g/mol. The molecule has 0 aromatic heterocycles. The van der Waals surface area contributed by atoms with Crippen molar-refractivity contribution in [2.75, 3.05) is 32.8 Å². The molecule has 5 unspecified atom stereocenters. The third kappa shape index (κ3) is 4.35. The lowest BCUT2D eigenvalue weighted by Crippen LogP contribution is -2.62. The Hall–Kier alpha value is -1.25. The summed E-state index contributed by atoms with van der Waals surface area (Å²) in [5.41, 5.74) is 0. The van der Waals surface area contributed by atoms with E-state index in [4.69, 9.17) is 4.74 Å². The van der Waals surface area contributed by atoms with Crippen LogP contribution in [0.3, 0.4) is 0 Å². The summed E-state index contributed by atoms with van der Waals surface area (Å²) in [7, 11) is 0. The van der Waals surface area contributed by atoms with E-state index in [1.807, 2.05) is 4.90 Å². The highest BCUT2D eigenvalue weighted by atomic mass is 19.1. The maximum atomic E-state index is 14.4. The Kier molecular flexibility index (Phi) is 6.23. The van der Waals surface area contributed by atoms with E-state index >= 15 is 0 Å². The maximum absolute atomic E-state index is 14.4. The van der Waals surface area contributed by atoms with Crippen molar-refractivity contribution in [3.05, 3.63) is 0 Å². The molecule has 2 saturated carbocycles. The molecule has 2 N–H and O–H groups in total. The molecule has 3 aliphatic heterocycles. The summed E-state index contributed by atoms with van der Waals surface area (Å²) in [4.78, 5) is 29.5. The molecular weight excluding hydrogens is 399 g/mol. The number of nitrogens with one attached hydrogen (secondary N) is 2. The van der Waals surface area contributed by atoms with Crippen LogP contribution in [0.5, 0.6) is 0 Å². The molecule has 5 fully saturated rings. The molecule has 5 aliphatic rings. The van der Waals surface area contributed by atoms with Gasteiger partial charge in [0.1, 0.15) is 12.8 Å². The quantitative estimate of drug-likeness (QED) is 0.693. The first-order chi connectivity index (χ1) is 15.0. The summed E-state index contributed by atoms with van der Waals surface area (Å²) in [6, 6.07) is 0.647. The lowest BCUT2D eigenvalue weighted by molar-refractivity contribution is -0.153. The molecule has 2 amide bonds. The predicted molar refractivity (Wildman–Crippen MR) is 114 cm³/mol. The van der Waals surface area contributed by atoms with Gasteiger partial charge in [0, 0.05) is 43.7 Å². The molecule has 31 heavy (non-hydrogen) atoms. The van der Waals surface area contributed by atoms with Crippen molar-refractivity contribution < 1.29 is 18.7 Å². The van der Waals surface area contributed by atoms with E-state index in [1.54, 1.807) is 0 Å². The Morgan fingerprint density at radius 1 is 1.16 bits per heavy atom. The zero-order valence-corrected chi connectivity index (χ0v) is 18.6. The van der Waals surface area contributed by atoms with Crippen molar-refractivity contribution in [3.63, 3.8) is 0 Å². The number of nitrogens with zero attached hydrogens (tertiary/aromatic N) is 2. The van der Waals surface area contributed by atoms with Gasteiger partial charge in [-0.3, -0.25) is 14.5 Å². The highest BCUT2D eigenvalue weighted by Gasteiger charge is 2.46. The maximum Gasteiger partial charge on any atom is 0.248 e. The molecule has 0 aromatic rings. The topological polar surface area (TPSA) is 73.9 Å². The van der Waals surface area contributed by atoms with Crippen LogP contribution >= 0.6 is 0 Å². The van der Waals surface area contributed by atoms with Crippen LogP contribution in [0.4, 0.5) is 4.39 Å². The minimum atomic E-state index is -0.778. The zero-order valence-electron chi connectivity index (χ0n) is 18.6. The minimum Gasteiger partial charge on any atom is -0.369 e. The fourth-order valence-corrected chi connectivity index (χ4v) is 6.78. The lowest BCUT2D eigenvalue weighted by atomic mass is 9.77. The Bertz CT molecular complexity index is 676. The minimum absolute atomic E-state index is 0.0182. The van der Waals surface area contributed by atoms with Gasteiger partial charge in [-0.15, -0.1) is 0 Å². The molecule has 5 rings (SSSR count). The summed E-state index contributed by atoms with van der Waals surface area (Å²) >= 11 is 0. The predicted octanol–water partition coefficient (Wildman–Crippen LogP) is 1.07. The standard InChI is InChI=1S/C23H37FN4O3/c1-14-5-6-19(24)18-10-20(26-22(14)18)23(30)25-15-3-2-4-16(9-15)27-7-8-28-17(11-27)12-31-13-21(28)29/h14-20,22,26H,2-13H2,1H3,(H,25,30)/t14?,15-,16+,17-,18?,19?,20?,22?/m1/s1. The molecule has 0 radical (unpaired) electrons. The number of rotatable bonds is 3. The highest BCUT2D eigenvalue weighted by molar-refractivity contribution is 5.82. The van der Waals surface area contributed by atoms with E-state index in [0.29, 0.717) is 31.4 Å². The van der Waals surface area contributed by atoms with E-state index in [-0.39, 0.29) is 48.5 Å². The van der Waals surface area contributed by atoms with Crippen LogP contribution in [0.15, 0.2) is 0 Å². The van der Waals surface area contributed by atoms with E-state index in [0.717, 1.165) is 51.7 Å². The summed E-state index contributed by atoms with van der Waals surface area (Å²) in [5, 5.41) is 6.75. The van der Waals surface area contributed by atoms with Crippen molar-refractivity contribution in [3.8, 4) is 0 Å². The second-order valence-corrected chi connectivity index (χ2v) is 10.5. The van der Waals surface area contributed by atoms with E-state index in [2.05, 4.69) is 22.5 Å². The van der Waals surface area contributed by atoms with Gasteiger partial charge in [0.25, 0.3) is 0 Å². The van der Waals surface area contributed by atoms with Crippen molar-refractivity contribution in [2.24, 2.45) is 11.8 Å². The van der Waals surface area contributed by atoms with Crippen molar-refractivity contribution in [1.29, 1.82) is 0 Å². The van der Waals surface area contributed by atoms with Crippen molar-refractivity contribution in [2.45, 2.75) is 88.3 Å². The number of alkyl halides is 1. The molecule has 8 atom stereocenters. The van der Waals surface area contributed by atoms with E-state index in [1.165, 1.54) is 0 Å². The van der Waals surface area contributed by atoms with Crippen molar-refractivity contribution >= 4 is 11.8 Å². The highest BCUT2D eigenvalue weighted by Crippen LogP contribution is 2.38. The molecule has 174 valence electrons. The second-order valence-electron chi connectivity index (χ2n) is 10.5. The summed E-state index contributed by atoms with van der Waals surface area (Å²) in [6.07, 6.45) is 5.58. The molecule has 3 saturated heterocycles. The van der Waals surface area contributed by atoms with E-state index < -0.39 is 6.17 Å². The molecule has 3 heterocycles. The largest absolute Gasteiger partial charge is 0.369 e. The number of fused-ring (bicyclic) bond motifs is 2. The first-order valence-corrected chi connectivity index (χ1v) is 12.3. The molecule has 8 heteroatoms. The van der Waals surface area contributed by atoms with Gasteiger partial charge in [0.05, 0.1) is 18.7 Å². The molecule has 0 bridgehead atoms. The SMILES string of the molecule is CC1CCC(F)C2CC(C(=O)N[C@@H]3CCC[C@H](N4CCN5C(=O)COC[C@H]5C4)C3)NC12. The number of ether oxygens (including phenoxy) is 1. The number of halogens is 1. The van der Waals surface area contributed by atoms with Gasteiger partial charge in [0.2, 0.25) is 11.8 Å². The van der Waals surface area contributed by atoms with Crippen LogP contribution in [-0.2, 0) is 14.3 Å². The summed E-state index contributed by atoms with van der Waals surface area (Å²) < 4.78 is 19.9. The molecule has 2 aliphatic carbocycles. The first kappa shape index (κ1) is 21.6. The number of piperazine rings is 1. The average molecular weight is 437 g/mol. The molecular formula is C23H37FN4O3. The fourth-order valence-electron chi connectivity index (χ4n) is 6.78. The number of hydrogen-bond donors (Lipinski definition) is 2. The number of amides is 2. The Morgan fingerprint density at radius 3 is 2.87 bits per heavy atom. The molecule has 7 nitrogen and oxygen atoms in total. The van der Waals surface area contributed by atoms with Gasteiger partial charge in [-0.2, -0.15) is 0 Å². The number of carbonyl (C=O) groups is 2. The summed E-state index contributed by atoms with van der Waals surface area (Å²) in [5.74, 6) is 0.577. The van der Waals surface area contributed by atoms with Crippen LogP contribution in [-0.4, -0.2) is 90.8 Å².